The second kappa shape index (κ2) is 10.7. The van der Waals surface area contributed by atoms with E-state index in [1.54, 1.807) is 24.3 Å². The van der Waals surface area contributed by atoms with Crippen LogP contribution in [0.1, 0.15) is 69.4 Å². The van der Waals surface area contributed by atoms with Gasteiger partial charge < -0.3 is 14.4 Å². The molecule has 2 aromatic rings. The molecule has 2 aliphatic carbocycles. The summed E-state index contributed by atoms with van der Waals surface area (Å²) >= 11 is 6.76. The molecule has 194 valence electrons. The number of allylic oxidation sites excluding steroid dienone is 4. The molecule has 0 saturated heterocycles. The number of benzene rings is 2. The monoisotopic (exact) mass is 523 g/mol. The van der Waals surface area contributed by atoms with Gasteiger partial charge in [-0.2, -0.15) is 0 Å². The topological polar surface area (TPSA) is 55.8 Å². The number of carbonyl (C=O) groups is 2. The van der Waals surface area contributed by atoms with Crippen LogP contribution in [0, 0.1) is 5.82 Å². The molecule has 0 unspecified atom stereocenters. The third-order valence-electron chi connectivity index (χ3n) is 7.40. The molecule has 0 radical (unpaired) electrons. The number of rotatable bonds is 7. The van der Waals surface area contributed by atoms with E-state index in [9.17, 15) is 14.0 Å². The molecular weight excluding hydrogens is 493 g/mol. The average Bonchev–Trinajstić information content (AvgIpc) is 2.88. The van der Waals surface area contributed by atoms with Crippen molar-refractivity contribution in [3.63, 3.8) is 0 Å². The van der Waals surface area contributed by atoms with Crippen LogP contribution in [0.15, 0.2) is 58.9 Å². The van der Waals surface area contributed by atoms with E-state index < -0.39 is 5.92 Å². The van der Waals surface area contributed by atoms with Crippen LogP contribution in [0.25, 0.3) is 0 Å². The Hall–Kier alpha value is -3.12. The first-order chi connectivity index (χ1) is 17.9. The Morgan fingerprint density at radius 3 is 2.19 bits per heavy atom. The summed E-state index contributed by atoms with van der Waals surface area (Å²) in [6.45, 7) is 5.00. The molecular formula is C30H31ClFNO4. The second-order valence-corrected chi connectivity index (χ2v) is 10.0. The van der Waals surface area contributed by atoms with E-state index >= 15 is 0 Å². The molecule has 0 fully saturated rings. The highest BCUT2D eigenvalue weighted by Crippen LogP contribution is 2.51. The van der Waals surface area contributed by atoms with Crippen LogP contribution in [-0.2, 0) is 16.2 Å². The van der Waals surface area contributed by atoms with Gasteiger partial charge in [-0.15, -0.1) is 0 Å². The van der Waals surface area contributed by atoms with Crippen molar-refractivity contribution >= 4 is 23.2 Å². The highest BCUT2D eigenvalue weighted by molar-refractivity contribution is 6.32. The lowest BCUT2D eigenvalue weighted by Gasteiger charge is -2.43. The van der Waals surface area contributed by atoms with Crippen molar-refractivity contribution in [2.75, 3.05) is 13.2 Å². The number of hydrogen-bond donors (Lipinski definition) is 0. The summed E-state index contributed by atoms with van der Waals surface area (Å²) in [6.07, 6.45) is 4.19. The van der Waals surface area contributed by atoms with Crippen LogP contribution in [0.2, 0.25) is 5.02 Å². The van der Waals surface area contributed by atoms with Crippen molar-refractivity contribution in [2.24, 2.45) is 0 Å². The predicted molar refractivity (Wildman–Crippen MR) is 140 cm³/mol. The van der Waals surface area contributed by atoms with E-state index in [-0.39, 0.29) is 24.0 Å². The second-order valence-electron chi connectivity index (χ2n) is 9.59. The maximum absolute atomic E-state index is 14.2. The van der Waals surface area contributed by atoms with Crippen LogP contribution in [-0.4, -0.2) is 29.6 Å². The summed E-state index contributed by atoms with van der Waals surface area (Å²) in [6, 6.07) is 10.0. The van der Waals surface area contributed by atoms with Crippen molar-refractivity contribution in [1.82, 2.24) is 4.90 Å². The number of nitrogens with zero attached hydrogens (tertiary/aromatic N) is 1. The molecule has 7 heteroatoms. The first-order valence-electron chi connectivity index (χ1n) is 13.1. The zero-order valence-corrected chi connectivity index (χ0v) is 22.0. The van der Waals surface area contributed by atoms with Gasteiger partial charge in [0.25, 0.3) is 0 Å². The maximum Gasteiger partial charge on any atom is 0.180 e. The molecule has 3 aliphatic rings. The van der Waals surface area contributed by atoms with Crippen LogP contribution >= 0.6 is 11.6 Å². The average molecular weight is 524 g/mol. The lowest BCUT2D eigenvalue weighted by Crippen LogP contribution is -2.39. The zero-order chi connectivity index (χ0) is 26.1. The maximum atomic E-state index is 14.2. The van der Waals surface area contributed by atoms with Gasteiger partial charge in [0.05, 0.1) is 11.6 Å². The quantitative estimate of drug-likeness (QED) is 0.395. The molecule has 37 heavy (non-hydrogen) atoms. The number of Topliss-reactive ketones (excluding diaryl/α,β-unsaturated/α-hetero) is 2. The molecule has 1 aliphatic heterocycles. The summed E-state index contributed by atoms with van der Waals surface area (Å²) in [5.74, 6) is 0.0595. The normalized spacial score (nSPS) is 18.2. The third-order valence-corrected chi connectivity index (χ3v) is 7.68. The van der Waals surface area contributed by atoms with Gasteiger partial charge in [0.15, 0.2) is 23.1 Å². The molecule has 0 amide bonds. The third kappa shape index (κ3) is 4.68. The van der Waals surface area contributed by atoms with Gasteiger partial charge in [0, 0.05) is 53.4 Å². The first-order valence-corrected chi connectivity index (χ1v) is 13.4. The van der Waals surface area contributed by atoms with Crippen LogP contribution in [0.4, 0.5) is 4.39 Å². The molecule has 5 rings (SSSR count). The summed E-state index contributed by atoms with van der Waals surface area (Å²) in [4.78, 5) is 28.9. The molecule has 1 heterocycles. The minimum atomic E-state index is -0.481. The van der Waals surface area contributed by atoms with Gasteiger partial charge in [0.1, 0.15) is 12.4 Å². The lowest BCUT2D eigenvalue weighted by atomic mass is 9.71. The smallest absolute Gasteiger partial charge is 0.180 e. The van der Waals surface area contributed by atoms with E-state index in [1.165, 1.54) is 6.07 Å². The molecule has 0 atom stereocenters. The fraction of sp³-hybridized carbons (Fsp3) is 0.400. The largest absolute Gasteiger partial charge is 0.490 e. The SMILES string of the molecule is CCOc1cc(C2C3=C(CCCC3=O)N(CC)C3=C2C(=O)CCC3)cc(Cl)c1OCc1ccccc1F. The predicted octanol–water partition coefficient (Wildman–Crippen LogP) is 6.89. The van der Waals surface area contributed by atoms with E-state index in [0.717, 1.165) is 49.2 Å². The van der Waals surface area contributed by atoms with Gasteiger partial charge in [-0.3, -0.25) is 9.59 Å². The molecule has 0 N–H and O–H groups in total. The molecule has 0 saturated carbocycles. The van der Waals surface area contributed by atoms with Crippen molar-refractivity contribution in [3.8, 4) is 11.5 Å². The lowest BCUT2D eigenvalue weighted by molar-refractivity contribution is -0.117. The van der Waals surface area contributed by atoms with Crippen LogP contribution in [0.5, 0.6) is 11.5 Å². The Labute approximate surface area is 221 Å². The minimum Gasteiger partial charge on any atom is -0.490 e. The van der Waals surface area contributed by atoms with Gasteiger partial charge in [0.2, 0.25) is 0 Å². The Balaban J connectivity index is 1.62. The number of carbonyl (C=O) groups excluding carboxylic acids is 2. The Bertz CT molecular complexity index is 1270. The van der Waals surface area contributed by atoms with E-state index in [2.05, 4.69) is 11.8 Å². The molecule has 0 aromatic heterocycles. The fourth-order valence-corrected chi connectivity index (χ4v) is 6.13. The fourth-order valence-electron chi connectivity index (χ4n) is 5.85. The summed E-state index contributed by atoms with van der Waals surface area (Å²) in [7, 11) is 0. The standard InChI is InChI=1S/C30H31ClFNO4/c1-3-33-22-11-7-13-24(34)28(22)27(29-23(33)12-8-14-25(29)35)19-15-20(31)30(26(16-19)36-4-2)37-17-18-9-5-6-10-21(18)32/h5-6,9-10,15-16,27H,3-4,7-8,11-14,17H2,1-2H3. The van der Waals surface area contributed by atoms with Crippen LogP contribution < -0.4 is 9.47 Å². The van der Waals surface area contributed by atoms with Crippen molar-refractivity contribution in [3.05, 3.63) is 80.9 Å². The van der Waals surface area contributed by atoms with E-state index in [1.807, 2.05) is 13.0 Å². The Kier molecular flexibility index (Phi) is 7.38. The minimum absolute atomic E-state index is 0.0116. The van der Waals surface area contributed by atoms with Gasteiger partial charge in [-0.05, 0) is 63.3 Å². The first kappa shape index (κ1) is 25.5. The van der Waals surface area contributed by atoms with E-state index in [0.29, 0.717) is 52.7 Å². The van der Waals surface area contributed by atoms with E-state index in [4.69, 9.17) is 21.1 Å². The van der Waals surface area contributed by atoms with Crippen molar-refractivity contribution < 1.29 is 23.5 Å². The summed E-state index contributed by atoms with van der Waals surface area (Å²) in [5.41, 5.74) is 4.63. The molecule has 0 bridgehead atoms. The molecule has 2 aromatic carbocycles. The van der Waals surface area contributed by atoms with Gasteiger partial charge in [-0.25, -0.2) is 4.39 Å². The Morgan fingerprint density at radius 2 is 1.59 bits per heavy atom. The Morgan fingerprint density at radius 1 is 0.946 bits per heavy atom. The number of ketones is 2. The molecule has 0 spiro atoms. The van der Waals surface area contributed by atoms with Gasteiger partial charge >= 0.3 is 0 Å². The number of hydrogen-bond acceptors (Lipinski definition) is 5. The number of ether oxygens (including phenoxy) is 2. The van der Waals surface area contributed by atoms with Crippen molar-refractivity contribution in [1.29, 1.82) is 0 Å². The summed E-state index contributed by atoms with van der Waals surface area (Å²) in [5, 5.41) is 0.297. The molecule has 5 nitrogen and oxygen atoms in total. The van der Waals surface area contributed by atoms with Crippen molar-refractivity contribution in [2.45, 2.75) is 64.9 Å². The number of halogens is 2. The highest BCUT2D eigenvalue weighted by atomic mass is 35.5. The zero-order valence-electron chi connectivity index (χ0n) is 21.2. The summed E-state index contributed by atoms with van der Waals surface area (Å²) < 4.78 is 26.1. The van der Waals surface area contributed by atoms with Gasteiger partial charge in [-0.1, -0.05) is 29.8 Å². The highest BCUT2D eigenvalue weighted by Gasteiger charge is 2.43. The van der Waals surface area contributed by atoms with Crippen LogP contribution in [0.3, 0.4) is 0 Å².